The van der Waals surface area contributed by atoms with Crippen LogP contribution in [0.15, 0.2) is 23.1 Å². The lowest BCUT2D eigenvalue weighted by atomic mass is 10.2. The summed E-state index contributed by atoms with van der Waals surface area (Å²) in [5.41, 5.74) is -0.739. The summed E-state index contributed by atoms with van der Waals surface area (Å²) in [5.74, 6) is -0.145. The molecule has 0 amide bonds. The van der Waals surface area contributed by atoms with Crippen LogP contribution in [0.4, 0.5) is 10.1 Å². The lowest BCUT2D eigenvalue weighted by molar-refractivity contribution is -0.387. The van der Waals surface area contributed by atoms with E-state index in [1.54, 1.807) is 11.8 Å². The Bertz CT molecular complexity index is 630. The maximum atomic E-state index is 13.5. The van der Waals surface area contributed by atoms with Gasteiger partial charge in [0.05, 0.1) is 9.82 Å². The van der Waals surface area contributed by atoms with Gasteiger partial charge in [-0.05, 0) is 24.7 Å². The first-order chi connectivity index (χ1) is 9.90. The number of hydrogen-bond acceptors (Lipinski definition) is 5. The van der Waals surface area contributed by atoms with Crippen molar-refractivity contribution in [2.24, 2.45) is 0 Å². The van der Waals surface area contributed by atoms with Crippen LogP contribution in [-0.2, 0) is 10.0 Å². The second kappa shape index (κ2) is 6.71. The molecule has 2 rings (SSSR count). The summed E-state index contributed by atoms with van der Waals surface area (Å²) >= 11 is 1.72. The summed E-state index contributed by atoms with van der Waals surface area (Å²) in [6, 6.07) is 2.57. The van der Waals surface area contributed by atoms with Gasteiger partial charge in [-0.1, -0.05) is 6.42 Å². The molecule has 1 aliphatic heterocycles. The highest BCUT2D eigenvalue weighted by molar-refractivity contribution is 8.00. The third-order valence-electron chi connectivity index (χ3n) is 3.20. The van der Waals surface area contributed by atoms with Gasteiger partial charge in [0, 0.05) is 23.9 Å². The van der Waals surface area contributed by atoms with Crippen LogP contribution in [-0.4, -0.2) is 30.9 Å². The number of halogens is 1. The SMILES string of the molecule is O=[N+]([O-])c1ccc(S(=O)(=O)NCC2CCCCS2)cc1F. The van der Waals surface area contributed by atoms with Crippen molar-refractivity contribution in [3.8, 4) is 0 Å². The van der Waals surface area contributed by atoms with Gasteiger partial charge in [-0.2, -0.15) is 16.2 Å². The summed E-state index contributed by atoms with van der Waals surface area (Å²) in [6.07, 6.45) is 3.16. The lowest BCUT2D eigenvalue weighted by Crippen LogP contribution is -2.32. The molecule has 0 spiro atoms. The number of nitrogens with zero attached hydrogens (tertiary/aromatic N) is 1. The van der Waals surface area contributed by atoms with Crippen molar-refractivity contribution >= 4 is 27.5 Å². The van der Waals surface area contributed by atoms with Gasteiger partial charge < -0.3 is 0 Å². The number of nitrogens with one attached hydrogen (secondary N) is 1. The van der Waals surface area contributed by atoms with Crippen LogP contribution in [0.1, 0.15) is 19.3 Å². The first-order valence-corrected chi connectivity index (χ1v) is 8.98. The molecule has 1 N–H and O–H groups in total. The predicted molar refractivity (Wildman–Crippen MR) is 78.3 cm³/mol. The van der Waals surface area contributed by atoms with Crippen LogP contribution in [0.3, 0.4) is 0 Å². The minimum absolute atomic E-state index is 0.219. The molecule has 1 fully saturated rings. The molecular formula is C12H15FN2O4S2. The molecule has 0 saturated carbocycles. The van der Waals surface area contributed by atoms with E-state index in [1.165, 1.54) is 0 Å². The standard InChI is InChI=1S/C12H15FN2O4S2/c13-11-7-10(4-5-12(11)15(16)17)21(18,19)14-8-9-3-1-2-6-20-9/h4-5,7,9,14H,1-3,6,8H2. The molecule has 1 saturated heterocycles. The van der Waals surface area contributed by atoms with Gasteiger partial charge in [-0.25, -0.2) is 13.1 Å². The van der Waals surface area contributed by atoms with E-state index in [0.29, 0.717) is 6.07 Å². The van der Waals surface area contributed by atoms with Crippen molar-refractivity contribution in [2.75, 3.05) is 12.3 Å². The highest BCUT2D eigenvalue weighted by Gasteiger charge is 2.22. The van der Waals surface area contributed by atoms with Crippen molar-refractivity contribution in [3.63, 3.8) is 0 Å². The number of benzene rings is 1. The zero-order valence-corrected chi connectivity index (χ0v) is 12.8. The Morgan fingerprint density at radius 3 is 2.76 bits per heavy atom. The first kappa shape index (κ1) is 16.2. The molecule has 1 atom stereocenters. The Hall–Kier alpha value is -1.19. The fourth-order valence-electron chi connectivity index (χ4n) is 2.06. The van der Waals surface area contributed by atoms with E-state index in [9.17, 15) is 22.9 Å². The van der Waals surface area contributed by atoms with E-state index in [2.05, 4.69) is 4.72 Å². The third kappa shape index (κ3) is 4.14. The summed E-state index contributed by atoms with van der Waals surface area (Å²) in [5, 5.41) is 10.7. The maximum Gasteiger partial charge on any atom is 0.304 e. The monoisotopic (exact) mass is 334 g/mol. The van der Waals surface area contributed by atoms with Gasteiger partial charge in [-0.3, -0.25) is 10.1 Å². The Morgan fingerprint density at radius 2 is 2.19 bits per heavy atom. The molecule has 116 valence electrons. The molecule has 0 bridgehead atoms. The third-order valence-corrected chi connectivity index (χ3v) is 6.02. The lowest BCUT2D eigenvalue weighted by Gasteiger charge is -2.21. The summed E-state index contributed by atoms with van der Waals surface area (Å²) in [7, 11) is -3.85. The molecule has 21 heavy (non-hydrogen) atoms. The molecule has 1 aromatic rings. The fraction of sp³-hybridized carbons (Fsp3) is 0.500. The Labute approximate surface area is 126 Å². The number of hydrogen-bond donors (Lipinski definition) is 1. The van der Waals surface area contributed by atoms with Gasteiger partial charge >= 0.3 is 5.69 Å². The largest absolute Gasteiger partial charge is 0.304 e. The minimum Gasteiger partial charge on any atom is -0.258 e. The highest BCUT2D eigenvalue weighted by atomic mass is 32.2. The van der Waals surface area contributed by atoms with Gasteiger partial charge in [0.15, 0.2) is 0 Å². The van der Waals surface area contributed by atoms with Crippen LogP contribution >= 0.6 is 11.8 Å². The van der Waals surface area contributed by atoms with Crippen LogP contribution in [0.2, 0.25) is 0 Å². The van der Waals surface area contributed by atoms with Gasteiger partial charge in [0.1, 0.15) is 0 Å². The molecule has 1 heterocycles. The number of rotatable bonds is 5. The minimum atomic E-state index is -3.85. The average molecular weight is 334 g/mol. The topological polar surface area (TPSA) is 89.3 Å². The van der Waals surface area contributed by atoms with Crippen molar-refractivity contribution in [1.82, 2.24) is 4.72 Å². The van der Waals surface area contributed by atoms with Crippen LogP contribution in [0.25, 0.3) is 0 Å². The molecule has 0 radical (unpaired) electrons. The van der Waals surface area contributed by atoms with Crippen LogP contribution in [0, 0.1) is 15.9 Å². The number of nitro groups is 1. The average Bonchev–Trinajstić information content (AvgIpc) is 2.46. The number of nitro benzene ring substituents is 1. The molecule has 1 aliphatic rings. The quantitative estimate of drug-likeness (QED) is 0.659. The summed E-state index contributed by atoms with van der Waals surface area (Å²) in [6.45, 7) is 0.283. The Morgan fingerprint density at radius 1 is 1.43 bits per heavy atom. The second-order valence-corrected chi connectivity index (χ2v) is 7.89. The Balaban J connectivity index is 2.08. The molecule has 1 aromatic carbocycles. The molecule has 6 nitrogen and oxygen atoms in total. The second-order valence-electron chi connectivity index (χ2n) is 4.71. The van der Waals surface area contributed by atoms with Crippen LogP contribution in [0.5, 0.6) is 0 Å². The number of sulfonamides is 1. The fourth-order valence-corrected chi connectivity index (χ4v) is 4.49. The predicted octanol–water partition coefficient (Wildman–Crippen LogP) is 2.30. The molecule has 9 heteroatoms. The van der Waals surface area contributed by atoms with E-state index in [1.807, 2.05) is 0 Å². The maximum absolute atomic E-state index is 13.5. The van der Waals surface area contributed by atoms with Gasteiger partial charge in [0.2, 0.25) is 15.8 Å². The molecule has 0 aromatic heterocycles. The number of thioether (sulfide) groups is 1. The van der Waals surface area contributed by atoms with Crippen molar-refractivity contribution < 1.29 is 17.7 Å². The van der Waals surface area contributed by atoms with Crippen molar-refractivity contribution in [3.05, 3.63) is 34.1 Å². The van der Waals surface area contributed by atoms with Gasteiger partial charge in [0.25, 0.3) is 0 Å². The zero-order chi connectivity index (χ0) is 15.5. The van der Waals surface area contributed by atoms with E-state index in [4.69, 9.17) is 0 Å². The normalized spacial score (nSPS) is 19.4. The molecular weight excluding hydrogens is 319 g/mol. The zero-order valence-electron chi connectivity index (χ0n) is 11.1. The first-order valence-electron chi connectivity index (χ1n) is 6.45. The summed E-state index contributed by atoms with van der Waals surface area (Å²) in [4.78, 5) is 9.32. The highest BCUT2D eigenvalue weighted by Crippen LogP contribution is 2.25. The van der Waals surface area contributed by atoms with E-state index in [-0.39, 0.29) is 16.7 Å². The van der Waals surface area contributed by atoms with E-state index >= 15 is 0 Å². The smallest absolute Gasteiger partial charge is 0.258 e. The summed E-state index contributed by atoms with van der Waals surface area (Å²) < 4.78 is 40.0. The van der Waals surface area contributed by atoms with Crippen molar-refractivity contribution in [1.29, 1.82) is 0 Å². The van der Waals surface area contributed by atoms with Crippen molar-refractivity contribution in [2.45, 2.75) is 29.4 Å². The van der Waals surface area contributed by atoms with Crippen LogP contribution < -0.4 is 4.72 Å². The Kier molecular flexibility index (Phi) is 5.17. The van der Waals surface area contributed by atoms with Gasteiger partial charge in [-0.15, -0.1) is 0 Å². The molecule has 0 aliphatic carbocycles. The van der Waals surface area contributed by atoms with E-state index < -0.39 is 26.5 Å². The molecule has 1 unspecified atom stereocenters. The van der Waals surface area contributed by atoms with E-state index in [0.717, 1.165) is 37.1 Å².